The zero-order chi connectivity index (χ0) is 26.2. The Morgan fingerprint density at radius 1 is 0.943 bits per heavy atom. The van der Waals surface area contributed by atoms with E-state index in [1.54, 1.807) is 0 Å². The smallest absolute Gasteiger partial charge is 0.475 e. The molecule has 0 spiro atoms. The largest absolute Gasteiger partial charge is 0.490 e. The predicted octanol–water partition coefficient (Wildman–Crippen LogP) is 2.74. The standard InChI is InChI=1S/C16H26N4O.2C2HF3O2/c1-2-6-18(5-1)11-14-12-20-8-7-19(13-16(20)17-14)15-3-9-21-10-4-15;2*3-2(4,5)1(6)7/h12,15H,1-11,13H2;2*(H,6,7). The van der Waals surface area contributed by atoms with Crippen molar-refractivity contribution in [1.29, 1.82) is 0 Å². The monoisotopic (exact) mass is 518 g/mol. The van der Waals surface area contributed by atoms with Crippen molar-refractivity contribution in [2.45, 2.75) is 63.7 Å². The van der Waals surface area contributed by atoms with Gasteiger partial charge in [0.05, 0.1) is 12.2 Å². The normalized spacial score (nSPS) is 19.7. The number of alkyl halides is 6. The highest BCUT2D eigenvalue weighted by atomic mass is 19.4. The fourth-order valence-corrected chi connectivity index (χ4v) is 3.94. The van der Waals surface area contributed by atoms with Crippen LogP contribution < -0.4 is 0 Å². The SMILES string of the molecule is O=C(O)C(F)(F)F.O=C(O)C(F)(F)F.c1c(CN2CCCC2)nc2n1CCN(C1CCOCC1)C2. The number of aliphatic carboxylic acids is 2. The first-order valence-electron chi connectivity index (χ1n) is 11.0. The van der Waals surface area contributed by atoms with Crippen LogP contribution in [0.1, 0.15) is 37.2 Å². The van der Waals surface area contributed by atoms with Crippen molar-refractivity contribution in [2.24, 2.45) is 0 Å². The molecule has 3 aliphatic heterocycles. The number of fused-ring (bicyclic) bond motifs is 1. The highest BCUT2D eigenvalue weighted by Gasteiger charge is 2.38. The summed E-state index contributed by atoms with van der Waals surface area (Å²) in [5.74, 6) is -4.25. The van der Waals surface area contributed by atoms with Gasteiger partial charge in [-0.3, -0.25) is 9.80 Å². The summed E-state index contributed by atoms with van der Waals surface area (Å²) < 4.78 is 71.3. The molecule has 15 heteroatoms. The van der Waals surface area contributed by atoms with Crippen molar-refractivity contribution in [3.63, 3.8) is 0 Å². The molecular weight excluding hydrogens is 490 g/mol. The molecule has 3 aliphatic rings. The van der Waals surface area contributed by atoms with Gasteiger partial charge in [0.1, 0.15) is 5.82 Å². The van der Waals surface area contributed by atoms with Gasteiger partial charge in [-0.15, -0.1) is 0 Å². The Labute approximate surface area is 197 Å². The van der Waals surface area contributed by atoms with Crippen LogP contribution in [-0.4, -0.2) is 92.7 Å². The van der Waals surface area contributed by atoms with E-state index in [1.165, 1.54) is 50.3 Å². The number of nitrogens with zero attached hydrogens (tertiary/aromatic N) is 4. The zero-order valence-corrected chi connectivity index (χ0v) is 18.8. The Bertz CT molecular complexity index is 809. The third-order valence-corrected chi connectivity index (χ3v) is 5.66. The molecule has 0 bridgehead atoms. The number of carbonyl (C=O) groups is 2. The van der Waals surface area contributed by atoms with Crippen LogP contribution in [0.3, 0.4) is 0 Å². The van der Waals surface area contributed by atoms with Crippen LogP contribution >= 0.6 is 0 Å². The second kappa shape index (κ2) is 12.5. The van der Waals surface area contributed by atoms with Crippen molar-refractivity contribution in [2.75, 3.05) is 32.8 Å². The van der Waals surface area contributed by atoms with Crippen molar-refractivity contribution < 1.29 is 50.9 Å². The first-order chi connectivity index (χ1) is 16.3. The quantitative estimate of drug-likeness (QED) is 0.589. The Morgan fingerprint density at radius 2 is 1.46 bits per heavy atom. The maximum absolute atomic E-state index is 10.6. The van der Waals surface area contributed by atoms with Gasteiger partial charge in [0.25, 0.3) is 0 Å². The van der Waals surface area contributed by atoms with E-state index in [-0.39, 0.29) is 0 Å². The molecule has 2 saturated heterocycles. The molecule has 200 valence electrons. The molecule has 0 saturated carbocycles. The number of aromatic nitrogens is 2. The van der Waals surface area contributed by atoms with Gasteiger partial charge in [-0.25, -0.2) is 14.6 Å². The van der Waals surface area contributed by atoms with E-state index < -0.39 is 24.3 Å². The molecule has 4 rings (SSSR count). The molecule has 4 heterocycles. The summed E-state index contributed by atoms with van der Waals surface area (Å²) in [5, 5.41) is 14.2. The van der Waals surface area contributed by atoms with Crippen molar-refractivity contribution in [3.8, 4) is 0 Å². The summed E-state index contributed by atoms with van der Waals surface area (Å²) >= 11 is 0. The lowest BCUT2D eigenvalue weighted by atomic mass is 10.1. The second-order valence-electron chi connectivity index (χ2n) is 8.24. The Morgan fingerprint density at radius 3 is 1.94 bits per heavy atom. The van der Waals surface area contributed by atoms with Crippen molar-refractivity contribution >= 4 is 11.9 Å². The van der Waals surface area contributed by atoms with E-state index in [0.29, 0.717) is 6.04 Å². The minimum absolute atomic E-state index is 0.700. The number of ether oxygens (including phenoxy) is 1. The fraction of sp³-hybridized carbons (Fsp3) is 0.750. The minimum Gasteiger partial charge on any atom is -0.475 e. The molecule has 2 fully saturated rings. The van der Waals surface area contributed by atoms with E-state index in [9.17, 15) is 26.3 Å². The number of hydrogen-bond donors (Lipinski definition) is 2. The molecule has 1 aromatic rings. The molecule has 0 aliphatic carbocycles. The van der Waals surface area contributed by atoms with Gasteiger partial charge in [-0.1, -0.05) is 0 Å². The molecule has 0 atom stereocenters. The molecule has 0 unspecified atom stereocenters. The molecule has 0 amide bonds. The van der Waals surface area contributed by atoms with Crippen LogP contribution in [0.5, 0.6) is 0 Å². The number of rotatable bonds is 3. The molecule has 1 aromatic heterocycles. The maximum Gasteiger partial charge on any atom is 0.490 e. The summed E-state index contributed by atoms with van der Waals surface area (Å²) in [7, 11) is 0. The molecule has 9 nitrogen and oxygen atoms in total. The van der Waals surface area contributed by atoms with Crippen LogP contribution in [0.2, 0.25) is 0 Å². The first-order valence-corrected chi connectivity index (χ1v) is 11.0. The summed E-state index contributed by atoms with van der Waals surface area (Å²) in [6.45, 7) is 8.66. The highest BCUT2D eigenvalue weighted by Crippen LogP contribution is 2.22. The summed E-state index contributed by atoms with van der Waals surface area (Å²) in [4.78, 5) is 27.8. The van der Waals surface area contributed by atoms with Crippen LogP contribution in [0.15, 0.2) is 6.20 Å². The Hall–Kier alpha value is -2.39. The van der Waals surface area contributed by atoms with Gasteiger partial charge in [-0.2, -0.15) is 26.3 Å². The molecule has 35 heavy (non-hydrogen) atoms. The average molecular weight is 518 g/mol. The molecule has 0 aromatic carbocycles. The van der Waals surface area contributed by atoms with Crippen molar-refractivity contribution in [1.82, 2.24) is 19.4 Å². The van der Waals surface area contributed by atoms with E-state index in [0.717, 1.165) is 39.4 Å². The van der Waals surface area contributed by atoms with E-state index >= 15 is 0 Å². The van der Waals surface area contributed by atoms with Gasteiger partial charge in [0.2, 0.25) is 0 Å². The second-order valence-corrected chi connectivity index (χ2v) is 8.24. The lowest BCUT2D eigenvalue weighted by Crippen LogP contribution is -2.43. The van der Waals surface area contributed by atoms with Crippen LogP contribution in [0, 0.1) is 0 Å². The van der Waals surface area contributed by atoms with Gasteiger partial charge in [0.15, 0.2) is 0 Å². The Kier molecular flexibility index (Phi) is 10.3. The number of carboxylic acids is 2. The lowest BCUT2D eigenvalue weighted by molar-refractivity contribution is -0.193. The van der Waals surface area contributed by atoms with E-state index in [2.05, 4.69) is 20.6 Å². The third kappa shape index (κ3) is 9.64. The van der Waals surface area contributed by atoms with Gasteiger partial charge < -0.3 is 19.5 Å². The summed E-state index contributed by atoms with van der Waals surface area (Å²) in [6, 6.07) is 0.700. The van der Waals surface area contributed by atoms with E-state index in [1.807, 2.05) is 0 Å². The average Bonchev–Trinajstić information content (AvgIpc) is 3.43. The van der Waals surface area contributed by atoms with Gasteiger partial charge >= 0.3 is 24.3 Å². The lowest BCUT2D eigenvalue weighted by Gasteiger charge is -2.36. The van der Waals surface area contributed by atoms with Crippen LogP contribution in [0.25, 0.3) is 0 Å². The van der Waals surface area contributed by atoms with Crippen LogP contribution in [0.4, 0.5) is 26.3 Å². The molecule has 2 N–H and O–H groups in total. The minimum atomic E-state index is -5.08. The number of likely N-dealkylation sites (tertiary alicyclic amines) is 1. The predicted molar refractivity (Wildman–Crippen MR) is 108 cm³/mol. The third-order valence-electron chi connectivity index (χ3n) is 5.66. The number of hydrogen-bond acceptors (Lipinski definition) is 6. The fourth-order valence-electron chi connectivity index (χ4n) is 3.94. The van der Waals surface area contributed by atoms with Gasteiger partial charge in [0, 0.05) is 45.1 Å². The van der Waals surface area contributed by atoms with Crippen LogP contribution in [-0.2, 0) is 34.0 Å². The van der Waals surface area contributed by atoms with Gasteiger partial charge in [-0.05, 0) is 38.8 Å². The zero-order valence-electron chi connectivity index (χ0n) is 18.8. The summed E-state index contributed by atoms with van der Waals surface area (Å²) in [5.41, 5.74) is 1.26. The first kappa shape index (κ1) is 28.8. The number of carboxylic acid groups (broad SMARTS) is 2. The maximum atomic E-state index is 10.6. The van der Waals surface area contributed by atoms with Crippen molar-refractivity contribution in [3.05, 3.63) is 17.7 Å². The summed E-state index contributed by atoms with van der Waals surface area (Å²) in [6.07, 6.45) is -2.81. The number of halogens is 6. The molecule has 0 radical (unpaired) electrons. The Balaban J connectivity index is 0.000000257. The molecular formula is C20H28F6N4O5. The highest BCUT2D eigenvalue weighted by molar-refractivity contribution is 5.73. The van der Waals surface area contributed by atoms with E-state index in [4.69, 9.17) is 29.5 Å². The number of imidazole rings is 1. The topological polar surface area (TPSA) is 108 Å².